The van der Waals surface area contributed by atoms with Crippen LogP contribution in [0.3, 0.4) is 0 Å². The number of sulfonamides is 1. The van der Waals surface area contributed by atoms with Gasteiger partial charge in [-0.15, -0.1) is 0 Å². The first kappa shape index (κ1) is 14.8. The molecule has 1 aromatic heterocycles. The Morgan fingerprint density at radius 2 is 2.15 bits per heavy atom. The van der Waals surface area contributed by atoms with Crippen LogP contribution in [0.5, 0.6) is 0 Å². The molecule has 0 unspecified atom stereocenters. The molecule has 0 bridgehead atoms. The van der Waals surface area contributed by atoms with Crippen LogP contribution in [0.1, 0.15) is 11.1 Å². The Balaban J connectivity index is 2.23. The number of hydrogen-bond acceptors (Lipinski definition) is 4. The number of nitrogens with two attached hydrogens (primary N) is 1. The van der Waals surface area contributed by atoms with Crippen molar-refractivity contribution in [3.8, 4) is 0 Å². The minimum Gasteiger partial charge on any atom is -0.398 e. The monoisotopic (exact) mass is 311 g/mol. The molecular formula is C13H14ClN3O2S. The lowest BCUT2D eigenvalue weighted by molar-refractivity contribution is 0.581. The summed E-state index contributed by atoms with van der Waals surface area (Å²) in [7, 11) is -3.66. The molecule has 2 aromatic rings. The third-order valence-electron chi connectivity index (χ3n) is 2.86. The molecule has 2 rings (SSSR count). The van der Waals surface area contributed by atoms with E-state index in [9.17, 15) is 8.42 Å². The molecule has 0 aliphatic heterocycles. The van der Waals surface area contributed by atoms with E-state index in [1.165, 1.54) is 12.1 Å². The summed E-state index contributed by atoms with van der Waals surface area (Å²) in [5.74, 6) is 0. The summed E-state index contributed by atoms with van der Waals surface area (Å²) < 4.78 is 26.8. The predicted octanol–water partition coefficient (Wildman–Crippen LogP) is 2.10. The van der Waals surface area contributed by atoms with Gasteiger partial charge in [0.15, 0.2) is 0 Å². The van der Waals surface area contributed by atoms with Crippen molar-refractivity contribution in [1.82, 2.24) is 9.71 Å². The zero-order valence-electron chi connectivity index (χ0n) is 10.8. The molecule has 0 saturated heterocycles. The molecule has 0 atom stereocenters. The standard InChI is InChI=1S/C13H14ClN3O2S/c1-9-12(14)5-11(6-13(9)15)20(18,19)17-8-10-3-2-4-16-7-10/h2-7,17H,8,15H2,1H3. The Labute approximate surface area is 122 Å². The first-order valence-corrected chi connectivity index (χ1v) is 7.70. The summed E-state index contributed by atoms with van der Waals surface area (Å²) in [6.07, 6.45) is 3.22. The Bertz CT molecular complexity index is 695. The van der Waals surface area contributed by atoms with Crippen LogP contribution in [-0.2, 0) is 16.6 Å². The minimum atomic E-state index is -3.66. The topological polar surface area (TPSA) is 85.1 Å². The second kappa shape index (κ2) is 5.78. The smallest absolute Gasteiger partial charge is 0.240 e. The number of pyridine rings is 1. The fourth-order valence-electron chi connectivity index (χ4n) is 1.59. The summed E-state index contributed by atoms with van der Waals surface area (Å²) >= 11 is 5.96. The van der Waals surface area contributed by atoms with Gasteiger partial charge in [0.25, 0.3) is 0 Å². The number of aromatic nitrogens is 1. The molecule has 0 amide bonds. The highest BCUT2D eigenvalue weighted by molar-refractivity contribution is 7.89. The Hall–Kier alpha value is -1.63. The molecule has 3 N–H and O–H groups in total. The number of hydrogen-bond donors (Lipinski definition) is 2. The average molecular weight is 312 g/mol. The quantitative estimate of drug-likeness (QED) is 0.847. The van der Waals surface area contributed by atoms with Crippen LogP contribution in [-0.4, -0.2) is 13.4 Å². The fraction of sp³-hybridized carbons (Fsp3) is 0.154. The molecule has 0 spiro atoms. The van der Waals surface area contributed by atoms with Crippen molar-refractivity contribution in [3.05, 3.63) is 52.8 Å². The first-order chi connectivity index (χ1) is 9.40. The summed E-state index contributed by atoms with van der Waals surface area (Å²) in [6.45, 7) is 1.89. The van der Waals surface area contributed by atoms with Crippen LogP contribution in [0, 0.1) is 6.92 Å². The van der Waals surface area contributed by atoms with Gasteiger partial charge in [-0.2, -0.15) is 0 Å². The SMILES string of the molecule is Cc1c(N)cc(S(=O)(=O)NCc2cccnc2)cc1Cl. The van der Waals surface area contributed by atoms with E-state index in [1.807, 2.05) is 0 Å². The maximum absolute atomic E-state index is 12.2. The van der Waals surface area contributed by atoms with E-state index in [2.05, 4.69) is 9.71 Å². The molecule has 0 fully saturated rings. The Kier molecular flexibility index (Phi) is 4.27. The van der Waals surface area contributed by atoms with Gasteiger partial charge in [0, 0.05) is 29.6 Å². The summed E-state index contributed by atoms with van der Waals surface area (Å²) in [5.41, 5.74) is 7.52. The van der Waals surface area contributed by atoms with Crippen molar-refractivity contribution in [1.29, 1.82) is 0 Å². The van der Waals surface area contributed by atoms with Crippen LogP contribution >= 0.6 is 11.6 Å². The minimum absolute atomic E-state index is 0.0505. The highest BCUT2D eigenvalue weighted by Gasteiger charge is 2.16. The van der Waals surface area contributed by atoms with E-state index < -0.39 is 10.0 Å². The predicted molar refractivity (Wildman–Crippen MR) is 78.9 cm³/mol. The molecule has 0 radical (unpaired) electrons. The van der Waals surface area contributed by atoms with E-state index in [1.54, 1.807) is 31.5 Å². The van der Waals surface area contributed by atoms with Crippen molar-refractivity contribution < 1.29 is 8.42 Å². The largest absolute Gasteiger partial charge is 0.398 e. The van der Waals surface area contributed by atoms with Gasteiger partial charge in [0.1, 0.15) is 0 Å². The zero-order chi connectivity index (χ0) is 14.8. The van der Waals surface area contributed by atoms with Crippen LogP contribution in [0.2, 0.25) is 5.02 Å². The molecule has 7 heteroatoms. The van der Waals surface area contributed by atoms with Gasteiger partial charge in [0.05, 0.1) is 4.90 Å². The number of rotatable bonds is 4. The van der Waals surface area contributed by atoms with Crippen LogP contribution in [0.25, 0.3) is 0 Å². The molecule has 20 heavy (non-hydrogen) atoms. The molecule has 0 saturated carbocycles. The summed E-state index contributed by atoms with van der Waals surface area (Å²) in [6, 6.07) is 6.31. The van der Waals surface area contributed by atoms with Gasteiger partial charge < -0.3 is 5.73 Å². The fourth-order valence-corrected chi connectivity index (χ4v) is 2.96. The highest BCUT2D eigenvalue weighted by atomic mass is 35.5. The maximum Gasteiger partial charge on any atom is 0.240 e. The summed E-state index contributed by atoms with van der Waals surface area (Å²) in [4.78, 5) is 3.97. The van der Waals surface area contributed by atoms with Crippen molar-refractivity contribution in [2.24, 2.45) is 0 Å². The highest BCUT2D eigenvalue weighted by Crippen LogP contribution is 2.25. The number of nitrogens with one attached hydrogen (secondary N) is 1. The lowest BCUT2D eigenvalue weighted by Crippen LogP contribution is -2.23. The van der Waals surface area contributed by atoms with Crippen molar-refractivity contribution in [2.45, 2.75) is 18.4 Å². The molecule has 0 aliphatic carbocycles. The number of anilines is 1. The lowest BCUT2D eigenvalue weighted by Gasteiger charge is -2.10. The van der Waals surface area contributed by atoms with Crippen LogP contribution < -0.4 is 10.5 Å². The number of nitrogen functional groups attached to an aromatic ring is 1. The van der Waals surface area contributed by atoms with Gasteiger partial charge in [-0.1, -0.05) is 17.7 Å². The Morgan fingerprint density at radius 1 is 1.40 bits per heavy atom. The molecule has 1 heterocycles. The van der Waals surface area contributed by atoms with Crippen LogP contribution in [0.4, 0.5) is 5.69 Å². The average Bonchev–Trinajstić information content (AvgIpc) is 2.43. The van der Waals surface area contributed by atoms with Crippen molar-refractivity contribution in [3.63, 3.8) is 0 Å². The van der Waals surface area contributed by atoms with Gasteiger partial charge in [-0.3, -0.25) is 4.98 Å². The van der Waals surface area contributed by atoms with Gasteiger partial charge >= 0.3 is 0 Å². The molecular weight excluding hydrogens is 298 g/mol. The van der Waals surface area contributed by atoms with E-state index in [0.29, 0.717) is 16.3 Å². The normalized spacial score (nSPS) is 11.5. The third-order valence-corrected chi connectivity index (χ3v) is 4.63. The second-order valence-corrected chi connectivity index (χ2v) is 6.48. The third kappa shape index (κ3) is 3.27. The number of benzene rings is 1. The molecule has 106 valence electrons. The zero-order valence-corrected chi connectivity index (χ0v) is 12.4. The second-order valence-electron chi connectivity index (χ2n) is 4.31. The molecule has 5 nitrogen and oxygen atoms in total. The van der Waals surface area contributed by atoms with Gasteiger partial charge in [-0.05, 0) is 36.2 Å². The van der Waals surface area contributed by atoms with Crippen molar-refractivity contribution >= 4 is 27.3 Å². The van der Waals surface area contributed by atoms with E-state index >= 15 is 0 Å². The number of halogens is 1. The number of nitrogens with zero attached hydrogens (tertiary/aromatic N) is 1. The van der Waals surface area contributed by atoms with Crippen LogP contribution in [0.15, 0.2) is 41.6 Å². The first-order valence-electron chi connectivity index (χ1n) is 5.84. The van der Waals surface area contributed by atoms with E-state index in [0.717, 1.165) is 5.56 Å². The van der Waals surface area contributed by atoms with E-state index in [4.69, 9.17) is 17.3 Å². The molecule has 0 aliphatic rings. The maximum atomic E-state index is 12.2. The van der Waals surface area contributed by atoms with E-state index in [-0.39, 0.29) is 11.4 Å². The summed E-state index contributed by atoms with van der Waals surface area (Å²) in [5, 5.41) is 0.326. The Morgan fingerprint density at radius 3 is 2.75 bits per heavy atom. The van der Waals surface area contributed by atoms with Gasteiger partial charge in [0.2, 0.25) is 10.0 Å². The van der Waals surface area contributed by atoms with Gasteiger partial charge in [-0.25, -0.2) is 13.1 Å². The lowest BCUT2D eigenvalue weighted by atomic mass is 10.2. The molecule has 1 aromatic carbocycles. The van der Waals surface area contributed by atoms with Crippen molar-refractivity contribution in [2.75, 3.05) is 5.73 Å².